The molecule has 21 heavy (non-hydrogen) atoms. The maximum atomic E-state index is 11.5. The number of benzene rings is 1. The van der Waals surface area contributed by atoms with E-state index in [1.54, 1.807) is 11.6 Å². The average molecular weight is 288 g/mol. The van der Waals surface area contributed by atoms with Crippen molar-refractivity contribution in [3.05, 3.63) is 53.6 Å². The Kier molecular flexibility index (Phi) is 7.53. The highest BCUT2D eigenvalue weighted by Gasteiger charge is 1.99. The third-order valence-corrected chi connectivity index (χ3v) is 2.70. The Balaban J connectivity index is 2.33. The van der Waals surface area contributed by atoms with Gasteiger partial charge in [0.25, 0.3) is 0 Å². The number of allylic oxidation sites excluding steroid dienone is 2. The fourth-order valence-electron chi connectivity index (χ4n) is 1.64. The van der Waals surface area contributed by atoms with Gasteiger partial charge in [-0.25, -0.2) is 5.48 Å². The number of hydrogen-bond acceptors (Lipinski definition) is 3. The minimum absolute atomic E-state index is 0.174. The van der Waals surface area contributed by atoms with Gasteiger partial charge in [0, 0.05) is 19.0 Å². The van der Waals surface area contributed by atoms with E-state index >= 15 is 0 Å². The smallest absolute Gasteiger partial charge is 0.243 e. The second-order valence-electron chi connectivity index (χ2n) is 4.56. The molecule has 1 rings (SSSR count). The van der Waals surface area contributed by atoms with Gasteiger partial charge in [0.1, 0.15) is 0 Å². The van der Waals surface area contributed by atoms with Crippen LogP contribution in [0.2, 0.25) is 0 Å². The second kappa shape index (κ2) is 9.50. The monoisotopic (exact) mass is 288 g/mol. The second-order valence-corrected chi connectivity index (χ2v) is 4.56. The SMILES string of the molecule is CC(/C=C/C(=O)NCCCC(=O)NO)=C\c1ccccc1. The first-order chi connectivity index (χ1) is 10.1. The maximum absolute atomic E-state index is 11.5. The number of hydroxylamine groups is 1. The third-order valence-electron chi connectivity index (χ3n) is 2.70. The molecule has 0 heterocycles. The molecule has 0 unspecified atom stereocenters. The van der Waals surface area contributed by atoms with Crippen molar-refractivity contribution in [1.29, 1.82) is 0 Å². The first-order valence-corrected chi connectivity index (χ1v) is 6.74. The normalized spacial score (nSPS) is 11.4. The predicted octanol–water partition coefficient (Wildman–Crippen LogP) is 2.05. The number of amides is 2. The predicted molar refractivity (Wildman–Crippen MR) is 81.4 cm³/mol. The van der Waals surface area contributed by atoms with Crippen molar-refractivity contribution >= 4 is 17.9 Å². The van der Waals surface area contributed by atoms with Crippen LogP contribution in [0, 0.1) is 0 Å². The number of hydrogen-bond donors (Lipinski definition) is 3. The molecule has 5 nitrogen and oxygen atoms in total. The Morgan fingerprint density at radius 2 is 1.90 bits per heavy atom. The van der Waals surface area contributed by atoms with Crippen molar-refractivity contribution in [2.45, 2.75) is 19.8 Å². The van der Waals surface area contributed by atoms with Crippen LogP contribution >= 0.6 is 0 Å². The van der Waals surface area contributed by atoms with E-state index in [-0.39, 0.29) is 12.3 Å². The van der Waals surface area contributed by atoms with E-state index in [1.165, 1.54) is 6.08 Å². The van der Waals surface area contributed by atoms with Crippen molar-refractivity contribution in [1.82, 2.24) is 10.8 Å². The van der Waals surface area contributed by atoms with E-state index in [2.05, 4.69) is 5.32 Å². The highest BCUT2D eigenvalue weighted by molar-refractivity contribution is 5.88. The molecule has 0 bridgehead atoms. The van der Waals surface area contributed by atoms with Crippen molar-refractivity contribution in [2.75, 3.05) is 6.54 Å². The largest absolute Gasteiger partial charge is 0.353 e. The van der Waals surface area contributed by atoms with Gasteiger partial charge in [0.2, 0.25) is 11.8 Å². The van der Waals surface area contributed by atoms with Gasteiger partial charge in [0.05, 0.1) is 0 Å². The molecule has 0 fully saturated rings. The summed E-state index contributed by atoms with van der Waals surface area (Å²) in [6, 6.07) is 9.84. The summed E-state index contributed by atoms with van der Waals surface area (Å²) in [6.07, 6.45) is 5.83. The number of carbonyl (C=O) groups is 2. The Morgan fingerprint density at radius 1 is 1.19 bits per heavy atom. The van der Waals surface area contributed by atoms with Gasteiger partial charge in [-0.05, 0) is 18.9 Å². The molecule has 0 saturated heterocycles. The van der Waals surface area contributed by atoms with E-state index in [9.17, 15) is 9.59 Å². The van der Waals surface area contributed by atoms with Crippen molar-refractivity contribution in [3.8, 4) is 0 Å². The number of nitrogens with one attached hydrogen (secondary N) is 2. The molecule has 3 N–H and O–H groups in total. The highest BCUT2D eigenvalue weighted by Crippen LogP contribution is 2.06. The lowest BCUT2D eigenvalue weighted by Gasteiger charge is -2.01. The Morgan fingerprint density at radius 3 is 2.57 bits per heavy atom. The van der Waals surface area contributed by atoms with Crippen LogP contribution in [0.4, 0.5) is 0 Å². The van der Waals surface area contributed by atoms with E-state index in [1.807, 2.05) is 43.3 Å². The fourth-order valence-corrected chi connectivity index (χ4v) is 1.64. The van der Waals surface area contributed by atoms with Crippen LogP contribution in [0.15, 0.2) is 48.1 Å². The van der Waals surface area contributed by atoms with Gasteiger partial charge in [-0.2, -0.15) is 0 Å². The summed E-state index contributed by atoms with van der Waals surface area (Å²) in [5, 5.41) is 11.0. The summed E-state index contributed by atoms with van der Waals surface area (Å²) in [7, 11) is 0. The zero-order valence-corrected chi connectivity index (χ0v) is 12.0. The topological polar surface area (TPSA) is 78.4 Å². The summed E-state index contributed by atoms with van der Waals surface area (Å²) in [5.41, 5.74) is 3.59. The van der Waals surface area contributed by atoms with E-state index < -0.39 is 5.91 Å². The zero-order valence-electron chi connectivity index (χ0n) is 12.0. The summed E-state index contributed by atoms with van der Waals surface area (Å²) < 4.78 is 0. The molecule has 0 aliphatic heterocycles. The van der Waals surface area contributed by atoms with Crippen LogP contribution < -0.4 is 10.8 Å². The fraction of sp³-hybridized carbons (Fsp3) is 0.250. The molecule has 0 aliphatic rings. The molecule has 112 valence electrons. The van der Waals surface area contributed by atoms with Gasteiger partial charge in [-0.15, -0.1) is 0 Å². The molecule has 0 radical (unpaired) electrons. The number of rotatable bonds is 7. The maximum Gasteiger partial charge on any atom is 0.243 e. The molecule has 0 saturated carbocycles. The molecule has 1 aromatic rings. The van der Waals surface area contributed by atoms with Crippen LogP contribution in [0.5, 0.6) is 0 Å². The minimum Gasteiger partial charge on any atom is -0.353 e. The van der Waals surface area contributed by atoms with Gasteiger partial charge in [0.15, 0.2) is 0 Å². The minimum atomic E-state index is -0.457. The first kappa shape index (κ1) is 16.7. The van der Waals surface area contributed by atoms with Crippen LogP contribution in [0.25, 0.3) is 6.08 Å². The summed E-state index contributed by atoms with van der Waals surface area (Å²) in [4.78, 5) is 22.3. The summed E-state index contributed by atoms with van der Waals surface area (Å²) in [6.45, 7) is 2.31. The van der Waals surface area contributed by atoms with E-state index in [0.717, 1.165) is 11.1 Å². The quantitative estimate of drug-likeness (QED) is 0.236. The summed E-state index contributed by atoms with van der Waals surface area (Å²) >= 11 is 0. The van der Waals surface area contributed by atoms with Crippen molar-refractivity contribution < 1.29 is 14.8 Å². The lowest BCUT2D eigenvalue weighted by atomic mass is 10.1. The zero-order chi connectivity index (χ0) is 15.5. The molecule has 1 aromatic carbocycles. The van der Waals surface area contributed by atoms with Crippen molar-refractivity contribution in [2.24, 2.45) is 0 Å². The van der Waals surface area contributed by atoms with Gasteiger partial charge < -0.3 is 5.32 Å². The number of carbonyl (C=O) groups excluding carboxylic acids is 2. The molecule has 0 atom stereocenters. The molecule has 0 spiro atoms. The molecule has 5 heteroatoms. The third kappa shape index (κ3) is 7.69. The van der Waals surface area contributed by atoms with Crippen LogP contribution in [-0.2, 0) is 9.59 Å². The Bertz CT molecular complexity index is 522. The van der Waals surface area contributed by atoms with Crippen LogP contribution in [0.1, 0.15) is 25.3 Å². The lowest BCUT2D eigenvalue weighted by Crippen LogP contribution is -2.24. The molecule has 2 amide bonds. The molecular formula is C16H20N2O3. The first-order valence-electron chi connectivity index (χ1n) is 6.74. The standard InChI is InChI=1S/C16H20N2O3/c1-13(12-14-6-3-2-4-7-14)9-10-15(19)17-11-5-8-16(20)18-21/h2-4,6-7,9-10,12,21H,5,8,11H2,1H3,(H,17,19)(H,18,20)/b10-9+,13-12+. The van der Waals surface area contributed by atoms with Crippen molar-refractivity contribution in [3.63, 3.8) is 0 Å². The average Bonchev–Trinajstić information content (AvgIpc) is 2.50. The summed E-state index contributed by atoms with van der Waals surface area (Å²) in [5.74, 6) is -0.665. The molecular weight excluding hydrogens is 268 g/mol. The Hall–Kier alpha value is -2.40. The Labute approximate surface area is 124 Å². The highest BCUT2D eigenvalue weighted by atomic mass is 16.5. The van der Waals surface area contributed by atoms with Gasteiger partial charge in [-0.1, -0.05) is 48.1 Å². The van der Waals surface area contributed by atoms with E-state index in [4.69, 9.17) is 5.21 Å². The van der Waals surface area contributed by atoms with Crippen LogP contribution in [0.3, 0.4) is 0 Å². The van der Waals surface area contributed by atoms with E-state index in [0.29, 0.717) is 13.0 Å². The molecule has 0 aliphatic carbocycles. The van der Waals surface area contributed by atoms with Gasteiger partial charge in [-0.3, -0.25) is 14.8 Å². The van der Waals surface area contributed by atoms with Gasteiger partial charge >= 0.3 is 0 Å². The lowest BCUT2D eigenvalue weighted by molar-refractivity contribution is -0.129. The molecule has 0 aromatic heterocycles. The van der Waals surface area contributed by atoms with Crippen LogP contribution in [-0.4, -0.2) is 23.6 Å².